The van der Waals surface area contributed by atoms with Crippen LogP contribution in [0.4, 0.5) is 0 Å². The molecule has 0 aliphatic carbocycles. The first kappa shape index (κ1) is 6.57. The molecule has 0 fully saturated rings. The standard InChI is InChI=1S/C4H5N5O/c1-3-7-4(10-8-3)2-6-9-5/h2H2,1H3. The van der Waals surface area contributed by atoms with Crippen LogP contribution in [-0.4, -0.2) is 10.1 Å². The molecule has 0 atom stereocenters. The summed E-state index contributed by atoms with van der Waals surface area (Å²) in [5.41, 5.74) is 7.90. The van der Waals surface area contributed by atoms with E-state index in [4.69, 9.17) is 5.53 Å². The molecular formula is C4H5N5O. The molecule has 0 spiro atoms. The predicted molar refractivity (Wildman–Crippen MR) is 31.9 cm³/mol. The highest BCUT2D eigenvalue weighted by atomic mass is 16.5. The fourth-order valence-corrected chi connectivity index (χ4v) is 0.496. The SMILES string of the molecule is Cc1noc(CN=[N+]=[N-])n1. The van der Waals surface area contributed by atoms with Crippen LogP contribution in [0.15, 0.2) is 9.64 Å². The van der Waals surface area contributed by atoms with Crippen molar-refractivity contribution >= 4 is 0 Å². The van der Waals surface area contributed by atoms with E-state index in [0.29, 0.717) is 11.7 Å². The number of rotatable bonds is 2. The minimum atomic E-state index is 0.122. The van der Waals surface area contributed by atoms with Crippen molar-refractivity contribution in [2.75, 3.05) is 0 Å². The van der Waals surface area contributed by atoms with Crippen LogP contribution in [0.3, 0.4) is 0 Å². The Morgan fingerprint density at radius 3 is 3.10 bits per heavy atom. The topological polar surface area (TPSA) is 87.7 Å². The minimum Gasteiger partial charge on any atom is -0.339 e. The molecule has 0 N–H and O–H groups in total. The van der Waals surface area contributed by atoms with Gasteiger partial charge in [0.2, 0.25) is 5.89 Å². The van der Waals surface area contributed by atoms with Crippen molar-refractivity contribution in [3.05, 3.63) is 22.2 Å². The van der Waals surface area contributed by atoms with Gasteiger partial charge in [-0.2, -0.15) is 4.98 Å². The minimum absolute atomic E-state index is 0.122. The maximum absolute atomic E-state index is 7.90. The van der Waals surface area contributed by atoms with E-state index in [9.17, 15) is 0 Å². The first-order valence-corrected chi connectivity index (χ1v) is 2.63. The van der Waals surface area contributed by atoms with E-state index < -0.39 is 0 Å². The van der Waals surface area contributed by atoms with Gasteiger partial charge in [-0.15, -0.1) is 0 Å². The van der Waals surface area contributed by atoms with E-state index in [1.165, 1.54) is 0 Å². The molecule has 1 rings (SSSR count). The van der Waals surface area contributed by atoms with Crippen molar-refractivity contribution < 1.29 is 4.52 Å². The zero-order valence-electron chi connectivity index (χ0n) is 5.35. The lowest BCUT2D eigenvalue weighted by Gasteiger charge is -1.76. The van der Waals surface area contributed by atoms with Crippen LogP contribution in [0.5, 0.6) is 0 Å². The van der Waals surface area contributed by atoms with Gasteiger partial charge in [0, 0.05) is 4.91 Å². The highest BCUT2D eigenvalue weighted by Crippen LogP contribution is 1.96. The summed E-state index contributed by atoms with van der Waals surface area (Å²) in [6.45, 7) is 1.82. The first-order chi connectivity index (χ1) is 4.83. The van der Waals surface area contributed by atoms with Crippen LogP contribution in [0.2, 0.25) is 0 Å². The molecule has 52 valence electrons. The van der Waals surface area contributed by atoms with Gasteiger partial charge in [0.25, 0.3) is 0 Å². The monoisotopic (exact) mass is 139 g/mol. The Balaban J connectivity index is 2.66. The summed E-state index contributed by atoms with van der Waals surface area (Å²) in [6.07, 6.45) is 0. The molecule has 1 aromatic rings. The largest absolute Gasteiger partial charge is 0.339 e. The van der Waals surface area contributed by atoms with E-state index in [1.54, 1.807) is 6.92 Å². The van der Waals surface area contributed by atoms with Crippen LogP contribution in [-0.2, 0) is 6.54 Å². The molecule has 0 aromatic carbocycles. The Morgan fingerprint density at radius 2 is 2.60 bits per heavy atom. The molecule has 0 bridgehead atoms. The first-order valence-electron chi connectivity index (χ1n) is 2.63. The zero-order valence-corrected chi connectivity index (χ0v) is 5.35. The maximum atomic E-state index is 7.90. The quantitative estimate of drug-likeness (QED) is 0.350. The molecule has 0 radical (unpaired) electrons. The number of azide groups is 1. The molecule has 10 heavy (non-hydrogen) atoms. The molecular weight excluding hydrogens is 134 g/mol. The van der Waals surface area contributed by atoms with Crippen LogP contribution in [0.1, 0.15) is 11.7 Å². The Morgan fingerprint density at radius 1 is 1.80 bits per heavy atom. The second kappa shape index (κ2) is 2.84. The fourth-order valence-electron chi connectivity index (χ4n) is 0.496. The molecule has 6 nitrogen and oxygen atoms in total. The van der Waals surface area contributed by atoms with Crippen LogP contribution < -0.4 is 0 Å². The van der Waals surface area contributed by atoms with Crippen molar-refractivity contribution in [2.45, 2.75) is 13.5 Å². The number of aryl methyl sites for hydroxylation is 1. The number of nitrogens with zero attached hydrogens (tertiary/aromatic N) is 5. The molecule has 0 saturated carbocycles. The van der Waals surface area contributed by atoms with E-state index in [1.807, 2.05) is 0 Å². The van der Waals surface area contributed by atoms with E-state index in [-0.39, 0.29) is 6.54 Å². The molecule has 0 amide bonds. The lowest BCUT2D eigenvalue weighted by molar-refractivity contribution is 0.376. The summed E-state index contributed by atoms with van der Waals surface area (Å²) in [7, 11) is 0. The summed E-state index contributed by atoms with van der Waals surface area (Å²) in [5.74, 6) is 0.887. The number of hydrogen-bond acceptors (Lipinski definition) is 4. The third-order valence-corrected chi connectivity index (χ3v) is 0.839. The zero-order chi connectivity index (χ0) is 7.40. The van der Waals surface area contributed by atoms with E-state index in [0.717, 1.165) is 0 Å². The summed E-state index contributed by atoms with van der Waals surface area (Å²) in [4.78, 5) is 6.34. The van der Waals surface area contributed by atoms with Crippen molar-refractivity contribution in [3.63, 3.8) is 0 Å². The van der Waals surface area contributed by atoms with Gasteiger partial charge >= 0.3 is 0 Å². The van der Waals surface area contributed by atoms with Crippen molar-refractivity contribution in [1.29, 1.82) is 0 Å². The normalized spacial score (nSPS) is 8.90. The average Bonchev–Trinajstić information content (AvgIpc) is 2.31. The van der Waals surface area contributed by atoms with Crippen molar-refractivity contribution in [2.24, 2.45) is 5.11 Å². The third-order valence-electron chi connectivity index (χ3n) is 0.839. The number of aromatic nitrogens is 2. The Kier molecular flexibility index (Phi) is 1.86. The lowest BCUT2D eigenvalue weighted by atomic mass is 10.6. The van der Waals surface area contributed by atoms with Crippen LogP contribution in [0.25, 0.3) is 10.4 Å². The molecule has 1 heterocycles. The summed E-state index contributed by atoms with van der Waals surface area (Å²) >= 11 is 0. The van der Waals surface area contributed by atoms with Gasteiger partial charge in [-0.3, -0.25) is 0 Å². The van der Waals surface area contributed by atoms with Crippen LogP contribution >= 0.6 is 0 Å². The van der Waals surface area contributed by atoms with Crippen molar-refractivity contribution in [3.8, 4) is 0 Å². The maximum Gasteiger partial charge on any atom is 0.232 e. The van der Waals surface area contributed by atoms with Gasteiger partial charge in [-0.25, -0.2) is 0 Å². The highest BCUT2D eigenvalue weighted by molar-refractivity contribution is 4.81. The Bertz CT molecular complexity index is 260. The van der Waals surface area contributed by atoms with Gasteiger partial charge in [-0.05, 0) is 12.5 Å². The van der Waals surface area contributed by atoms with Gasteiger partial charge < -0.3 is 4.52 Å². The molecule has 0 aliphatic heterocycles. The Hall–Kier alpha value is -1.55. The van der Waals surface area contributed by atoms with Crippen molar-refractivity contribution in [1.82, 2.24) is 10.1 Å². The van der Waals surface area contributed by atoms with Gasteiger partial charge in [0.15, 0.2) is 5.82 Å². The molecule has 6 heteroatoms. The molecule has 0 aliphatic rings. The molecule has 1 aromatic heterocycles. The molecule has 0 unspecified atom stereocenters. The second-order valence-electron chi connectivity index (χ2n) is 1.62. The smallest absolute Gasteiger partial charge is 0.232 e. The lowest BCUT2D eigenvalue weighted by Crippen LogP contribution is -1.78. The predicted octanol–water partition coefficient (Wildman–Crippen LogP) is 1.19. The van der Waals surface area contributed by atoms with Gasteiger partial charge in [0.05, 0.1) is 0 Å². The summed E-state index contributed by atoms with van der Waals surface area (Å²) in [6, 6.07) is 0. The summed E-state index contributed by atoms with van der Waals surface area (Å²) < 4.78 is 4.64. The van der Waals surface area contributed by atoms with E-state index >= 15 is 0 Å². The number of hydrogen-bond donors (Lipinski definition) is 0. The summed E-state index contributed by atoms with van der Waals surface area (Å²) in [5, 5.41) is 6.74. The van der Waals surface area contributed by atoms with E-state index in [2.05, 4.69) is 24.7 Å². The molecule has 0 saturated heterocycles. The Labute approximate surface area is 56.5 Å². The third kappa shape index (κ3) is 1.46. The average molecular weight is 139 g/mol. The highest BCUT2D eigenvalue weighted by Gasteiger charge is 1.98. The van der Waals surface area contributed by atoms with Gasteiger partial charge in [0.1, 0.15) is 6.54 Å². The van der Waals surface area contributed by atoms with Crippen LogP contribution in [0, 0.1) is 6.92 Å². The fraction of sp³-hybridized carbons (Fsp3) is 0.500. The second-order valence-corrected chi connectivity index (χ2v) is 1.62. The van der Waals surface area contributed by atoms with Gasteiger partial charge in [-0.1, -0.05) is 10.3 Å².